The van der Waals surface area contributed by atoms with E-state index in [0.717, 1.165) is 16.3 Å². The molecule has 0 N–H and O–H groups in total. The Morgan fingerprint density at radius 1 is 1.13 bits per heavy atom. The van der Waals surface area contributed by atoms with Crippen molar-refractivity contribution >= 4 is 45.5 Å². The highest BCUT2D eigenvalue weighted by atomic mass is 32.2. The molecule has 3 aromatic rings. The van der Waals surface area contributed by atoms with Gasteiger partial charge in [0, 0.05) is 17.7 Å². The number of carbonyl (C=O) groups is 1. The summed E-state index contributed by atoms with van der Waals surface area (Å²) in [6.45, 7) is 2.25. The average Bonchev–Trinajstić information content (AvgIpc) is 3.02. The van der Waals surface area contributed by atoms with Crippen molar-refractivity contribution in [1.29, 1.82) is 0 Å². The van der Waals surface area contributed by atoms with Gasteiger partial charge in [0.05, 0.1) is 22.9 Å². The zero-order chi connectivity index (χ0) is 21.1. The second-order valence-electron chi connectivity index (χ2n) is 6.80. The molecular formula is C22H18N4O3S. The summed E-state index contributed by atoms with van der Waals surface area (Å²) < 4.78 is 0. The van der Waals surface area contributed by atoms with Crippen LogP contribution in [-0.4, -0.2) is 32.4 Å². The van der Waals surface area contributed by atoms with E-state index in [9.17, 15) is 14.9 Å². The highest BCUT2D eigenvalue weighted by Crippen LogP contribution is 2.30. The Kier molecular flexibility index (Phi) is 5.58. The van der Waals surface area contributed by atoms with E-state index in [1.54, 1.807) is 17.0 Å². The maximum Gasteiger partial charge on any atom is 0.270 e. The van der Waals surface area contributed by atoms with E-state index >= 15 is 0 Å². The van der Waals surface area contributed by atoms with E-state index in [-0.39, 0.29) is 16.8 Å². The lowest BCUT2D eigenvalue weighted by Gasteiger charge is -2.17. The second-order valence-corrected chi connectivity index (χ2v) is 8.11. The van der Waals surface area contributed by atoms with E-state index in [4.69, 9.17) is 0 Å². The molecule has 1 aliphatic heterocycles. The van der Waals surface area contributed by atoms with Gasteiger partial charge in [-0.05, 0) is 23.3 Å². The standard InChI is InChI=1S/C22H18N4O3S/c1-15-21(27)25(14-18-9-5-8-17-7-2-3-11-20(17)18)22(30-15)24-23-13-16-6-4-10-19(12-16)26(28)29/h2-13,15H,14H2,1H3/b23-13-,24-22+/t15-/m0/s1. The molecule has 1 amide bonds. The van der Waals surface area contributed by atoms with Gasteiger partial charge >= 0.3 is 0 Å². The molecule has 3 aromatic carbocycles. The molecule has 0 bridgehead atoms. The van der Waals surface area contributed by atoms with E-state index < -0.39 is 4.92 Å². The highest BCUT2D eigenvalue weighted by Gasteiger charge is 2.35. The fraction of sp³-hybridized carbons (Fsp3) is 0.136. The van der Waals surface area contributed by atoms with Crippen molar-refractivity contribution in [2.75, 3.05) is 0 Å². The third-order valence-electron chi connectivity index (χ3n) is 4.77. The molecule has 1 fully saturated rings. The highest BCUT2D eigenvalue weighted by molar-refractivity contribution is 8.15. The number of rotatable bonds is 5. The summed E-state index contributed by atoms with van der Waals surface area (Å²) in [6, 6.07) is 20.2. The van der Waals surface area contributed by atoms with Gasteiger partial charge in [-0.25, -0.2) is 0 Å². The number of hydrogen-bond donors (Lipinski definition) is 0. The summed E-state index contributed by atoms with van der Waals surface area (Å²) in [5.41, 5.74) is 1.59. The third kappa shape index (κ3) is 4.08. The minimum absolute atomic E-state index is 0.0109. The number of thioether (sulfide) groups is 1. The van der Waals surface area contributed by atoms with Crippen molar-refractivity contribution in [3.8, 4) is 0 Å². The van der Waals surface area contributed by atoms with Crippen LogP contribution in [0, 0.1) is 10.1 Å². The third-order valence-corrected chi connectivity index (χ3v) is 5.83. The molecule has 0 radical (unpaired) electrons. The topological polar surface area (TPSA) is 88.2 Å². The molecule has 1 aliphatic rings. The Morgan fingerprint density at radius 2 is 1.90 bits per heavy atom. The van der Waals surface area contributed by atoms with Crippen LogP contribution in [0.25, 0.3) is 10.8 Å². The van der Waals surface area contributed by atoms with Gasteiger partial charge in [0.2, 0.25) is 5.91 Å². The predicted molar refractivity (Wildman–Crippen MR) is 120 cm³/mol. The Morgan fingerprint density at radius 3 is 2.73 bits per heavy atom. The lowest BCUT2D eigenvalue weighted by Crippen LogP contribution is -2.30. The number of nitro groups is 1. The largest absolute Gasteiger partial charge is 0.284 e. The molecule has 30 heavy (non-hydrogen) atoms. The summed E-state index contributed by atoms with van der Waals surface area (Å²) in [7, 11) is 0. The van der Waals surface area contributed by atoms with Gasteiger partial charge in [0.25, 0.3) is 5.69 Å². The molecule has 4 rings (SSSR count). The van der Waals surface area contributed by atoms with E-state index in [0.29, 0.717) is 17.3 Å². The van der Waals surface area contributed by atoms with Crippen LogP contribution in [0.3, 0.4) is 0 Å². The van der Waals surface area contributed by atoms with Crippen molar-refractivity contribution in [1.82, 2.24) is 4.90 Å². The van der Waals surface area contributed by atoms with Gasteiger partial charge in [-0.3, -0.25) is 19.8 Å². The fourth-order valence-electron chi connectivity index (χ4n) is 3.27. The Bertz CT molecular complexity index is 1190. The number of hydrogen-bond acceptors (Lipinski definition) is 6. The molecule has 0 saturated carbocycles. The molecule has 150 valence electrons. The van der Waals surface area contributed by atoms with Crippen LogP contribution in [0.2, 0.25) is 0 Å². The predicted octanol–water partition coefficient (Wildman–Crippen LogP) is 4.60. The Hall–Kier alpha value is -3.52. The van der Waals surface area contributed by atoms with Crippen molar-refractivity contribution in [3.05, 3.63) is 88.0 Å². The maximum atomic E-state index is 12.7. The molecule has 0 spiro atoms. The van der Waals surface area contributed by atoms with Crippen LogP contribution in [0.1, 0.15) is 18.1 Å². The molecule has 8 heteroatoms. The number of nitro benzene ring substituents is 1. The van der Waals surface area contributed by atoms with Crippen LogP contribution in [0.15, 0.2) is 76.9 Å². The van der Waals surface area contributed by atoms with Crippen LogP contribution in [0.4, 0.5) is 5.69 Å². The molecule has 0 unspecified atom stereocenters. The zero-order valence-corrected chi connectivity index (χ0v) is 17.0. The minimum atomic E-state index is -0.456. The smallest absolute Gasteiger partial charge is 0.270 e. The molecule has 1 saturated heterocycles. The summed E-state index contributed by atoms with van der Waals surface area (Å²) in [6.07, 6.45) is 1.45. The molecule has 0 aliphatic carbocycles. The van der Waals surface area contributed by atoms with E-state index in [1.807, 2.05) is 49.4 Å². The molecular weight excluding hydrogens is 400 g/mol. The summed E-state index contributed by atoms with van der Waals surface area (Å²) in [4.78, 5) is 24.8. The monoisotopic (exact) mass is 418 g/mol. The number of non-ortho nitro benzene ring substituents is 1. The van der Waals surface area contributed by atoms with Crippen molar-refractivity contribution in [2.24, 2.45) is 10.2 Å². The molecule has 1 heterocycles. The van der Waals surface area contributed by atoms with Crippen LogP contribution >= 0.6 is 11.8 Å². The first-order valence-corrected chi connectivity index (χ1v) is 10.2. The first-order chi connectivity index (χ1) is 14.5. The quantitative estimate of drug-likeness (QED) is 0.344. The second kappa shape index (κ2) is 8.46. The summed E-state index contributed by atoms with van der Waals surface area (Å²) >= 11 is 1.35. The molecule has 1 atom stereocenters. The number of benzene rings is 3. The normalized spacial score (nSPS) is 18.0. The van der Waals surface area contributed by atoms with Crippen LogP contribution < -0.4 is 0 Å². The molecule has 0 aromatic heterocycles. The number of amidine groups is 1. The number of carbonyl (C=O) groups excluding carboxylic acids is 1. The van der Waals surface area contributed by atoms with Gasteiger partial charge in [0.15, 0.2) is 5.17 Å². The van der Waals surface area contributed by atoms with Crippen molar-refractivity contribution in [2.45, 2.75) is 18.7 Å². The minimum Gasteiger partial charge on any atom is -0.284 e. The van der Waals surface area contributed by atoms with Crippen LogP contribution in [-0.2, 0) is 11.3 Å². The zero-order valence-electron chi connectivity index (χ0n) is 16.1. The first kappa shape index (κ1) is 19.8. The Labute approximate surface area is 177 Å². The maximum absolute atomic E-state index is 12.7. The molecule has 7 nitrogen and oxygen atoms in total. The number of nitrogens with zero attached hydrogens (tertiary/aromatic N) is 4. The van der Waals surface area contributed by atoms with Crippen molar-refractivity contribution < 1.29 is 9.72 Å². The van der Waals surface area contributed by atoms with E-state index in [2.05, 4.69) is 10.2 Å². The lowest BCUT2D eigenvalue weighted by molar-refractivity contribution is -0.384. The van der Waals surface area contributed by atoms with Gasteiger partial charge in [0.1, 0.15) is 0 Å². The van der Waals surface area contributed by atoms with Gasteiger partial charge < -0.3 is 0 Å². The van der Waals surface area contributed by atoms with Crippen molar-refractivity contribution in [3.63, 3.8) is 0 Å². The first-order valence-electron chi connectivity index (χ1n) is 9.33. The summed E-state index contributed by atoms with van der Waals surface area (Å²) in [5, 5.41) is 21.7. The fourth-order valence-corrected chi connectivity index (χ4v) is 4.19. The van der Waals surface area contributed by atoms with Crippen LogP contribution in [0.5, 0.6) is 0 Å². The summed E-state index contributed by atoms with van der Waals surface area (Å²) in [5.74, 6) is -0.0165. The average molecular weight is 418 g/mol. The SMILES string of the molecule is C[C@@H]1S/C(=N/N=C\c2cccc([N+](=O)[O-])c2)N(Cc2cccc3ccccc23)C1=O. The van der Waals surface area contributed by atoms with Gasteiger partial charge in [-0.15, -0.1) is 5.10 Å². The Balaban J connectivity index is 1.60. The van der Waals surface area contributed by atoms with E-state index in [1.165, 1.54) is 30.1 Å². The number of fused-ring (bicyclic) bond motifs is 1. The lowest BCUT2D eigenvalue weighted by atomic mass is 10.0. The number of amides is 1. The van der Waals surface area contributed by atoms with Gasteiger partial charge in [-0.1, -0.05) is 66.4 Å². The van der Waals surface area contributed by atoms with Gasteiger partial charge in [-0.2, -0.15) is 5.10 Å².